The molecule has 4 nitrogen and oxygen atoms in total. The van der Waals surface area contributed by atoms with E-state index in [1.807, 2.05) is 12.3 Å². The van der Waals surface area contributed by atoms with Gasteiger partial charge in [0.15, 0.2) is 5.13 Å². The number of aromatic nitrogens is 1. The predicted molar refractivity (Wildman–Crippen MR) is 98.0 cm³/mol. The lowest BCUT2D eigenvalue weighted by molar-refractivity contribution is 0.103. The third-order valence-corrected chi connectivity index (χ3v) is 6.42. The van der Waals surface area contributed by atoms with Crippen molar-refractivity contribution >= 4 is 33.7 Å². The molecule has 3 heterocycles. The number of amides is 1. The van der Waals surface area contributed by atoms with Crippen LogP contribution in [0, 0.1) is 6.92 Å². The minimum Gasteiger partial charge on any atom is -0.317 e. The van der Waals surface area contributed by atoms with E-state index in [1.165, 1.54) is 15.3 Å². The van der Waals surface area contributed by atoms with Crippen molar-refractivity contribution in [2.45, 2.75) is 45.4 Å². The van der Waals surface area contributed by atoms with Gasteiger partial charge in [-0.1, -0.05) is 13.3 Å². The lowest BCUT2D eigenvalue weighted by Gasteiger charge is -2.20. The number of hydrogen-bond donors (Lipinski definition) is 2. The van der Waals surface area contributed by atoms with Gasteiger partial charge in [0.05, 0.1) is 4.88 Å². The molecular weight excluding hydrogens is 326 g/mol. The zero-order valence-electron chi connectivity index (χ0n) is 13.6. The number of aryl methyl sites for hydroxylation is 2. The van der Waals surface area contributed by atoms with E-state index in [4.69, 9.17) is 0 Å². The third kappa shape index (κ3) is 4.00. The molecule has 0 spiro atoms. The molecule has 1 amide bonds. The second-order valence-corrected chi connectivity index (χ2v) is 8.31. The number of rotatable bonds is 5. The molecular formula is C17H23N3OS2. The summed E-state index contributed by atoms with van der Waals surface area (Å²) in [7, 11) is 0. The summed E-state index contributed by atoms with van der Waals surface area (Å²) >= 11 is 3.19. The Morgan fingerprint density at radius 1 is 1.39 bits per heavy atom. The van der Waals surface area contributed by atoms with E-state index >= 15 is 0 Å². The van der Waals surface area contributed by atoms with Crippen LogP contribution < -0.4 is 10.6 Å². The van der Waals surface area contributed by atoms with Gasteiger partial charge in [-0.3, -0.25) is 10.1 Å². The fourth-order valence-electron chi connectivity index (χ4n) is 2.95. The molecule has 3 rings (SSSR count). The van der Waals surface area contributed by atoms with Crippen LogP contribution in [0.15, 0.2) is 12.3 Å². The monoisotopic (exact) mass is 349 g/mol. The molecule has 2 aromatic heterocycles. The maximum atomic E-state index is 12.4. The standard InChI is InChI=1S/C17H23N3OS2/c1-3-4-13-9-14(22-11(13)2)16(21)20-17-19-10-15(23-17)12-5-7-18-8-6-12/h9-10,12,18H,3-8H2,1-2H3,(H,19,20,21). The third-order valence-electron chi connectivity index (χ3n) is 4.25. The number of carbonyl (C=O) groups excluding carboxylic acids is 1. The fourth-order valence-corrected chi connectivity index (χ4v) is 4.89. The minimum atomic E-state index is -0.0355. The van der Waals surface area contributed by atoms with E-state index in [1.54, 1.807) is 22.7 Å². The summed E-state index contributed by atoms with van der Waals surface area (Å²) in [6.45, 7) is 6.39. The van der Waals surface area contributed by atoms with Crippen molar-refractivity contribution in [2.24, 2.45) is 0 Å². The van der Waals surface area contributed by atoms with Crippen LogP contribution in [0.25, 0.3) is 0 Å². The number of nitrogens with zero attached hydrogens (tertiary/aromatic N) is 1. The van der Waals surface area contributed by atoms with Crippen LogP contribution in [-0.2, 0) is 6.42 Å². The number of hydrogen-bond acceptors (Lipinski definition) is 5. The van der Waals surface area contributed by atoms with Gasteiger partial charge in [-0.05, 0) is 56.8 Å². The summed E-state index contributed by atoms with van der Waals surface area (Å²) in [5, 5.41) is 7.06. The highest BCUT2D eigenvalue weighted by atomic mass is 32.1. The molecule has 0 atom stereocenters. The van der Waals surface area contributed by atoms with Gasteiger partial charge in [-0.15, -0.1) is 22.7 Å². The molecule has 0 radical (unpaired) electrons. The van der Waals surface area contributed by atoms with E-state index in [-0.39, 0.29) is 5.91 Å². The molecule has 2 N–H and O–H groups in total. The van der Waals surface area contributed by atoms with Crippen LogP contribution in [-0.4, -0.2) is 24.0 Å². The van der Waals surface area contributed by atoms with E-state index < -0.39 is 0 Å². The highest BCUT2D eigenvalue weighted by Gasteiger charge is 2.19. The van der Waals surface area contributed by atoms with Crippen molar-refractivity contribution in [3.05, 3.63) is 32.5 Å². The number of thiophene rings is 1. The number of anilines is 1. The quantitative estimate of drug-likeness (QED) is 0.851. The van der Waals surface area contributed by atoms with Crippen molar-refractivity contribution in [3.8, 4) is 0 Å². The van der Waals surface area contributed by atoms with E-state index in [9.17, 15) is 4.79 Å². The second-order valence-electron chi connectivity index (χ2n) is 5.99. The first-order valence-electron chi connectivity index (χ1n) is 8.24. The first-order valence-corrected chi connectivity index (χ1v) is 9.87. The normalized spacial score (nSPS) is 15.7. The molecule has 2 aromatic rings. The van der Waals surface area contributed by atoms with Crippen molar-refractivity contribution in [1.29, 1.82) is 0 Å². The summed E-state index contributed by atoms with van der Waals surface area (Å²) in [5.41, 5.74) is 1.29. The largest absolute Gasteiger partial charge is 0.317 e. The molecule has 6 heteroatoms. The van der Waals surface area contributed by atoms with Crippen LogP contribution in [0.1, 0.15) is 57.1 Å². The van der Waals surface area contributed by atoms with Crippen molar-refractivity contribution < 1.29 is 4.79 Å². The zero-order valence-corrected chi connectivity index (χ0v) is 15.3. The highest BCUT2D eigenvalue weighted by Crippen LogP contribution is 2.32. The van der Waals surface area contributed by atoms with Gasteiger partial charge in [0.2, 0.25) is 0 Å². The summed E-state index contributed by atoms with van der Waals surface area (Å²) in [6.07, 6.45) is 6.37. The summed E-state index contributed by atoms with van der Waals surface area (Å²) < 4.78 is 0. The highest BCUT2D eigenvalue weighted by molar-refractivity contribution is 7.16. The molecule has 0 aliphatic carbocycles. The first-order chi connectivity index (χ1) is 11.2. The average Bonchev–Trinajstić information content (AvgIpc) is 3.16. The molecule has 124 valence electrons. The maximum absolute atomic E-state index is 12.4. The number of carbonyl (C=O) groups is 1. The fraction of sp³-hybridized carbons (Fsp3) is 0.529. The first kappa shape index (κ1) is 16.6. The Morgan fingerprint density at radius 2 is 2.17 bits per heavy atom. The van der Waals surface area contributed by atoms with Crippen LogP contribution in [0.4, 0.5) is 5.13 Å². The molecule has 0 bridgehead atoms. The molecule has 1 aliphatic heterocycles. The van der Waals surface area contributed by atoms with E-state index in [0.717, 1.165) is 43.6 Å². The van der Waals surface area contributed by atoms with Gasteiger partial charge in [0, 0.05) is 16.0 Å². The Labute approximate surface area is 145 Å². The molecule has 0 saturated carbocycles. The SMILES string of the molecule is CCCc1cc(C(=O)Nc2ncc(C3CCNCC3)s2)sc1C. The molecule has 0 unspecified atom stereocenters. The maximum Gasteiger partial charge on any atom is 0.267 e. The molecule has 1 aliphatic rings. The Hall–Kier alpha value is -1.24. The number of thiazole rings is 1. The van der Waals surface area contributed by atoms with Gasteiger partial charge in [-0.25, -0.2) is 4.98 Å². The smallest absolute Gasteiger partial charge is 0.267 e. The topological polar surface area (TPSA) is 54.0 Å². The number of nitrogens with one attached hydrogen (secondary N) is 2. The van der Waals surface area contributed by atoms with Gasteiger partial charge >= 0.3 is 0 Å². The van der Waals surface area contributed by atoms with Crippen molar-refractivity contribution in [1.82, 2.24) is 10.3 Å². The molecule has 23 heavy (non-hydrogen) atoms. The molecule has 1 fully saturated rings. The van der Waals surface area contributed by atoms with Crippen molar-refractivity contribution in [2.75, 3.05) is 18.4 Å². The summed E-state index contributed by atoms with van der Waals surface area (Å²) in [4.78, 5) is 20.1. The lowest BCUT2D eigenvalue weighted by Crippen LogP contribution is -2.26. The van der Waals surface area contributed by atoms with Gasteiger partial charge in [0.25, 0.3) is 5.91 Å². The molecule has 1 saturated heterocycles. The Bertz CT molecular complexity index is 671. The van der Waals surface area contributed by atoms with Crippen LogP contribution in [0.3, 0.4) is 0 Å². The number of piperidine rings is 1. The van der Waals surface area contributed by atoms with Gasteiger partial charge in [-0.2, -0.15) is 0 Å². The zero-order chi connectivity index (χ0) is 16.2. The average molecular weight is 350 g/mol. The van der Waals surface area contributed by atoms with Crippen LogP contribution in [0.5, 0.6) is 0 Å². The minimum absolute atomic E-state index is 0.0355. The summed E-state index contributed by atoms with van der Waals surface area (Å²) in [5.74, 6) is 0.547. The van der Waals surface area contributed by atoms with Gasteiger partial charge < -0.3 is 5.32 Å². The van der Waals surface area contributed by atoms with Crippen molar-refractivity contribution in [3.63, 3.8) is 0 Å². The van der Waals surface area contributed by atoms with E-state index in [0.29, 0.717) is 11.0 Å². The predicted octanol–water partition coefficient (Wildman–Crippen LogP) is 4.18. The summed E-state index contributed by atoms with van der Waals surface area (Å²) in [6, 6.07) is 2.03. The van der Waals surface area contributed by atoms with Gasteiger partial charge in [0.1, 0.15) is 0 Å². The lowest BCUT2D eigenvalue weighted by atomic mass is 9.97. The Morgan fingerprint density at radius 3 is 2.91 bits per heavy atom. The van der Waals surface area contributed by atoms with Crippen LogP contribution >= 0.6 is 22.7 Å². The van der Waals surface area contributed by atoms with E-state index in [2.05, 4.69) is 29.5 Å². The molecule has 0 aromatic carbocycles. The Balaban J connectivity index is 1.65. The Kier molecular flexibility index (Phi) is 5.46. The second kappa shape index (κ2) is 7.55. The van der Waals surface area contributed by atoms with Crippen LogP contribution in [0.2, 0.25) is 0 Å².